The number of nitrogens with zero attached hydrogens (tertiary/aromatic N) is 1. The maximum Gasteiger partial charge on any atom is 0.0732 e. The number of rotatable bonds is 6. The van der Waals surface area contributed by atoms with Crippen molar-refractivity contribution in [3.8, 4) is 0 Å². The van der Waals surface area contributed by atoms with E-state index in [4.69, 9.17) is 0 Å². The van der Waals surface area contributed by atoms with Gasteiger partial charge in [0.25, 0.3) is 0 Å². The molecule has 0 radical (unpaired) electrons. The van der Waals surface area contributed by atoms with Gasteiger partial charge in [0.05, 0.1) is 6.10 Å². The zero-order valence-electron chi connectivity index (χ0n) is 12.9. The van der Waals surface area contributed by atoms with Crippen LogP contribution in [0.1, 0.15) is 18.4 Å². The largest absolute Gasteiger partial charge is 0.391 e. The Balaban J connectivity index is 2.01. The number of benzene rings is 2. The monoisotopic (exact) mass is 301 g/mol. The van der Waals surface area contributed by atoms with Crippen molar-refractivity contribution >= 4 is 11.8 Å². The summed E-state index contributed by atoms with van der Waals surface area (Å²) in [5, 5.41) is 10.2. The van der Waals surface area contributed by atoms with E-state index in [1.807, 2.05) is 25.1 Å². The predicted molar refractivity (Wildman–Crippen MR) is 90.0 cm³/mol. The standard InChI is InChI=1S/C18H23NOS/c1-14(18(20)13-19(2)3)15-9-11-17(12-10-15)21-16-7-5-4-6-8-16/h4-12,14,18,20H,13H2,1-3H3. The number of hydrogen-bond acceptors (Lipinski definition) is 3. The molecule has 2 aromatic rings. The first kappa shape index (κ1) is 16.1. The molecule has 0 bridgehead atoms. The van der Waals surface area contributed by atoms with Crippen LogP contribution in [0, 0.1) is 0 Å². The minimum Gasteiger partial charge on any atom is -0.391 e. The van der Waals surface area contributed by atoms with Crippen molar-refractivity contribution < 1.29 is 5.11 Å². The highest BCUT2D eigenvalue weighted by atomic mass is 32.2. The van der Waals surface area contributed by atoms with Crippen LogP contribution >= 0.6 is 11.8 Å². The van der Waals surface area contributed by atoms with E-state index < -0.39 is 0 Å². The van der Waals surface area contributed by atoms with Crippen LogP contribution < -0.4 is 0 Å². The first-order chi connectivity index (χ1) is 10.1. The summed E-state index contributed by atoms with van der Waals surface area (Å²) in [6, 6.07) is 18.9. The molecule has 2 nitrogen and oxygen atoms in total. The molecular formula is C18H23NOS. The summed E-state index contributed by atoms with van der Waals surface area (Å²) in [6.07, 6.45) is -0.340. The summed E-state index contributed by atoms with van der Waals surface area (Å²) in [7, 11) is 3.96. The fraction of sp³-hybridized carbons (Fsp3) is 0.333. The van der Waals surface area contributed by atoms with E-state index in [1.165, 1.54) is 15.4 Å². The lowest BCUT2D eigenvalue weighted by atomic mass is 9.95. The molecule has 112 valence electrons. The third-order valence-electron chi connectivity index (χ3n) is 3.51. The Morgan fingerprint density at radius 3 is 2.10 bits per heavy atom. The van der Waals surface area contributed by atoms with Gasteiger partial charge in [-0.2, -0.15) is 0 Å². The smallest absolute Gasteiger partial charge is 0.0732 e. The Hall–Kier alpha value is -1.29. The van der Waals surface area contributed by atoms with E-state index in [0.717, 1.165) is 0 Å². The number of likely N-dealkylation sites (N-methyl/N-ethyl adjacent to an activating group) is 1. The van der Waals surface area contributed by atoms with Crippen LogP contribution in [-0.2, 0) is 0 Å². The average molecular weight is 301 g/mol. The van der Waals surface area contributed by atoms with E-state index in [-0.39, 0.29) is 12.0 Å². The summed E-state index contributed by atoms with van der Waals surface area (Å²) in [5.74, 6) is 0.142. The SMILES string of the molecule is CC(c1ccc(Sc2ccccc2)cc1)C(O)CN(C)C. The minimum atomic E-state index is -0.340. The van der Waals surface area contributed by atoms with Crippen molar-refractivity contribution in [1.29, 1.82) is 0 Å². The van der Waals surface area contributed by atoms with E-state index in [9.17, 15) is 5.11 Å². The van der Waals surface area contributed by atoms with Crippen molar-refractivity contribution in [2.75, 3.05) is 20.6 Å². The summed E-state index contributed by atoms with van der Waals surface area (Å²) in [5.41, 5.74) is 1.18. The van der Waals surface area contributed by atoms with Gasteiger partial charge >= 0.3 is 0 Å². The lowest BCUT2D eigenvalue weighted by Gasteiger charge is -2.22. The van der Waals surface area contributed by atoms with E-state index in [0.29, 0.717) is 6.54 Å². The van der Waals surface area contributed by atoms with Crippen LogP contribution in [-0.4, -0.2) is 36.8 Å². The molecule has 0 amide bonds. The molecule has 0 saturated carbocycles. The van der Waals surface area contributed by atoms with E-state index >= 15 is 0 Å². The quantitative estimate of drug-likeness (QED) is 0.876. The third kappa shape index (κ3) is 4.88. The lowest BCUT2D eigenvalue weighted by Crippen LogP contribution is -2.29. The third-order valence-corrected chi connectivity index (χ3v) is 4.53. The molecule has 21 heavy (non-hydrogen) atoms. The molecule has 0 aliphatic carbocycles. The highest BCUT2D eigenvalue weighted by Gasteiger charge is 2.16. The zero-order chi connectivity index (χ0) is 15.2. The Morgan fingerprint density at radius 1 is 0.952 bits per heavy atom. The Bertz CT molecular complexity index is 539. The van der Waals surface area contributed by atoms with Gasteiger partial charge in [-0.3, -0.25) is 0 Å². The first-order valence-electron chi connectivity index (χ1n) is 7.22. The second kappa shape index (κ2) is 7.64. The van der Waals surface area contributed by atoms with E-state index in [1.54, 1.807) is 11.8 Å². The second-order valence-corrected chi connectivity index (χ2v) is 6.75. The predicted octanol–water partition coefficient (Wildman–Crippen LogP) is 3.86. The van der Waals surface area contributed by atoms with Gasteiger partial charge in [0, 0.05) is 22.3 Å². The molecular weight excluding hydrogens is 278 g/mol. The van der Waals surface area contributed by atoms with Crippen molar-refractivity contribution in [1.82, 2.24) is 4.90 Å². The van der Waals surface area contributed by atoms with Gasteiger partial charge < -0.3 is 10.0 Å². The normalized spacial score (nSPS) is 14.1. The first-order valence-corrected chi connectivity index (χ1v) is 8.03. The van der Waals surface area contributed by atoms with Gasteiger partial charge in [0.1, 0.15) is 0 Å². The molecule has 2 unspecified atom stereocenters. The maximum absolute atomic E-state index is 10.2. The molecule has 0 saturated heterocycles. The molecule has 2 atom stereocenters. The Kier molecular flexibility index (Phi) is 5.85. The van der Waals surface area contributed by atoms with Gasteiger partial charge in [0.15, 0.2) is 0 Å². The molecule has 0 fully saturated rings. The molecule has 0 aliphatic heterocycles. The fourth-order valence-electron chi connectivity index (χ4n) is 2.22. The minimum absolute atomic E-state index is 0.142. The molecule has 0 spiro atoms. The summed E-state index contributed by atoms with van der Waals surface area (Å²) >= 11 is 1.76. The fourth-order valence-corrected chi connectivity index (χ4v) is 3.06. The molecule has 1 N–H and O–H groups in total. The number of aliphatic hydroxyl groups is 1. The molecule has 3 heteroatoms. The Labute approximate surface area is 131 Å². The topological polar surface area (TPSA) is 23.5 Å². The van der Waals surface area contributed by atoms with Gasteiger partial charge in [-0.1, -0.05) is 49.0 Å². The van der Waals surface area contributed by atoms with Crippen LogP contribution in [0.3, 0.4) is 0 Å². The summed E-state index contributed by atoms with van der Waals surface area (Å²) < 4.78 is 0. The highest BCUT2D eigenvalue weighted by Crippen LogP contribution is 2.29. The van der Waals surface area contributed by atoms with Crippen molar-refractivity contribution in [2.45, 2.75) is 28.7 Å². The van der Waals surface area contributed by atoms with Crippen molar-refractivity contribution in [2.24, 2.45) is 0 Å². The van der Waals surface area contributed by atoms with Crippen LogP contribution in [0.4, 0.5) is 0 Å². The van der Waals surface area contributed by atoms with Gasteiger partial charge in [-0.05, 0) is 43.9 Å². The average Bonchev–Trinajstić information content (AvgIpc) is 2.47. The summed E-state index contributed by atoms with van der Waals surface area (Å²) in [4.78, 5) is 4.48. The summed E-state index contributed by atoms with van der Waals surface area (Å²) in [6.45, 7) is 2.76. The number of hydrogen-bond donors (Lipinski definition) is 1. The van der Waals surface area contributed by atoms with Crippen molar-refractivity contribution in [3.05, 3.63) is 60.2 Å². The maximum atomic E-state index is 10.2. The van der Waals surface area contributed by atoms with Crippen LogP contribution in [0.15, 0.2) is 64.4 Å². The molecule has 0 aliphatic rings. The zero-order valence-corrected chi connectivity index (χ0v) is 13.7. The van der Waals surface area contributed by atoms with Crippen molar-refractivity contribution in [3.63, 3.8) is 0 Å². The molecule has 2 rings (SSSR count). The van der Waals surface area contributed by atoms with Gasteiger partial charge in [-0.25, -0.2) is 0 Å². The highest BCUT2D eigenvalue weighted by molar-refractivity contribution is 7.99. The molecule has 2 aromatic carbocycles. The van der Waals surface area contributed by atoms with Gasteiger partial charge in [0.2, 0.25) is 0 Å². The molecule has 0 aromatic heterocycles. The molecule has 0 heterocycles. The van der Waals surface area contributed by atoms with Crippen LogP contribution in [0.5, 0.6) is 0 Å². The second-order valence-electron chi connectivity index (χ2n) is 5.60. The Morgan fingerprint density at radius 2 is 1.52 bits per heavy atom. The van der Waals surface area contributed by atoms with E-state index in [2.05, 4.69) is 55.5 Å². The lowest BCUT2D eigenvalue weighted by molar-refractivity contribution is 0.115. The van der Waals surface area contributed by atoms with Crippen LogP contribution in [0.2, 0.25) is 0 Å². The van der Waals surface area contributed by atoms with Crippen LogP contribution in [0.25, 0.3) is 0 Å². The van der Waals surface area contributed by atoms with Gasteiger partial charge in [-0.15, -0.1) is 0 Å². The number of aliphatic hydroxyl groups excluding tert-OH is 1.